The fraction of sp³-hybridized carbons (Fsp3) is 0.500. The van der Waals surface area contributed by atoms with Gasteiger partial charge in [0.15, 0.2) is 0 Å². The van der Waals surface area contributed by atoms with Gasteiger partial charge in [-0.25, -0.2) is 4.68 Å². The average Bonchev–Trinajstić information content (AvgIpc) is 3.06. The number of carbonyl (C=O) groups excluding carboxylic acids is 2. The minimum atomic E-state index is 0.0100. The molecule has 2 amide bonds. The molecular weight excluding hydrogens is 382 g/mol. The van der Waals surface area contributed by atoms with Crippen LogP contribution < -0.4 is 5.32 Å². The standard InChI is InChI=1S/C22H31N5O3/c1-17-21(18(2)27(24-17)19-8-5-4-6-9-19)22(29)26-13-11-25(12-14-26)16-20(28)23-10-7-15-30-3/h4-6,8-9H,7,10-16H2,1-3H3,(H,23,28). The maximum Gasteiger partial charge on any atom is 0.257 e. The lowest BCUT2D eigenvalue weighted by molar-refractivity contribution is -0.122. The first kappa shape index (κ1) is 22.0. The van der Waals surface area contributed by atoms with E-state index in [2.05, 4.69) is 15.3 Å². The number of aromatic nitrogens is 2. The minimum absolute atomic E-state index is 0.0100. The second-order valence-corrected chi connectivity index (χ2v) is 7.56. The number of carbonyl (C=O) groups is 2. The Morgan fingerprint density at radius 3 is 2.47 bits per heavy atom. The molecule has 0 spiro atoms. The molecule has 2 heterocycles. The Hall–Kier alpha value is -2.71. The molecule has 8 nitrogen and oxygen atoms in total. The normalized spacial score (nSPS) is 14.7. The highest BCUT2D eigenvalue weighted by atomic mass is 16.5. The van der Waals surface area contributed by atoms with Gasteiger partial charge in [-0.05, 0) is 32.4 Å². The number of rotatable bonds is 8. The van der Waals surface area contributed by atoms with E-state index in [9.17, 15) is 9.59 Å². The predicted octanol–water partition coefficient (Wildman–Crippen LogP) is 1.40. The van der Waals surface area contributed by atoms with Crippen LogP contribution in [0.1, 0.15) is 28.2 Å². The van der Waals surface area contributed by atoms with E-state index in [0.717, 1.165) is 23.5 Å². The number of nitrogens with zero attached hydrogens (tertiary/aromatic N) is 4. The zero-order chi connectivity index (χ0) is 21.5. The smallest absolute Gasteiger partial charge is 0.257 e. The molecule has 3 rings (SSSR count). The van der Waals surface area contributed by atoms with Crippen molar-refractivity contribution >= 4 is 11.8 Å². The third-order valence-electron chi connectivity index (χ3n) is 5.38. The van der Waals surface area contributed by atoms with Gasteiger partial charge >= 0.3 is 0 Å². The fourth-order valence-corrected chi connectivity index (χ4v) is 3.74. The van der Waals surface area contributed by atoms with E-state index in [-0.39, 0.29) is 11.8 Å². The van der Waals surface area contributed by atoms with Crippen LogP contribution in [0.5, 0.6) is 0 Å². The monoisotopic (exact) mass is 413 g/mol. The number of hydrogen-bond donors (Lipinski definition) is 1. The van der Waals surface area contributed by atoms with Crippen molar-refractivity contribution in [3.8, 4) is 5.69 Å². The molecule has 0 saturated carbocycles. The molecule has 0 unspecified atom stereocenters. The van der Waals surface area contributed by atoms with E-state index in [0.29, 0.717) is 51.4 Å². The molecule has 8 heteroatoms. The van der Waals surface area contributed by atoms with Gasteiger partial charge in [0.25, 0.3) is 5.91 Å². The molecule has 1 saturated heterocycles. The molecule has 162 valence electrons. The van der Waals surface area contributed by atoms with E-state index in [1.54, 1.807) is 7.11 Å². The number of amides is 2. The van der Waals surface area contributed by atoms with Crippen LogP contribution in [0.25, 0.3) is 5.69 Å². The largest absolute Gasteiger partial charge is 0.385 e. The van der Waals surface area contributed by atoms with Crippen molar-refractivity contribution in [1.29, 1.82) is 0 Å². The summed E-state index contributed by atoms with van der Waals surface area (Å²) in [4.78, 5) is 29.2. The molecule has 0 atom stereocenters. The Kier molecular flexibility index (Phi) is 7.59. The zero-order valence-corrected chi connectivity index (χ0v) is 18.1. The van der Waals surface area contributed by atoms with Crippen LogP contribution in [0.4, 0.5) is 0 Å². The van der Waals surface area contributed by atoms with Crippen molar-refractivity contribution in [2.45, 2.75) is 20.3 Å². The average molecular weight is 414 g/mol. The Morgan fingerprint density at radius 1 is 1.10 bits per heavy atom. The third-order valence-corrected chi connectivity index (χ3v) is 5.38. The van der Waals surface area contributed by atoms with Crippen LogP contribution in [0, 0.1) is 13.8 Å². The molecule has 1 aliphatic heterocycles. The van der Waals surface area contributed by atoms with E-state index in [1.165, 1.54) is 0 Å². The molecule has 1 aromatic heterocycles. The summed E-state index contributed by atoms with van der Waals surface area (Å²) in [6, 6.07) is 9.83. The Balaban J connectivity index is 1.56. The first-order chi connectivity index (χ1) is 14.5. The lowest BCUT2D eigenvalue weighted by Gasteiger charge is -2.34. The number of piperazine rings is 1. The maximum atomic E-state index is 13.2. The summed E-state index contributed by atoms with van der Waals surface area (Å²) >= 11 is 0. The molecule has 2 aromatic rings. The highest BCUT2D eigenvalue weighted by molar-refractivity contribution is 5.96. The SMILES string of the molecule is COCCCNC(=O)CN1CCN(C(=O)c2c(C)nn(-c3ccccc3)c2C)CC1. The molecule has 0 radical (unpaired) electrons. The molecule has 0 bridgehead atoms. The van der Waals surface area contributed by atoms with Gasteiger partial charge < -0.3 is 15.0 Å². The van der Waals surface area contributed by atoms with Crippen molar-refractivity contribution in [1.82, 2.24) is 24.9 Å². The van der Waals surface area contributed by atoms with E-state index < -0.39 is 0 Å². The zero-order valence-electron chi connectivity index (χ0n) is 18.1. The quantitative estimate of drug-likeness (QED) is 0.662. The van der Waals surface area contributed by atoms with Crippen LogP contribution >= 0.6 is 0 Å². The topological polar surface area (TPSA) is 79.7 Å². The van der Waals surface area contributed by atoms with Crippen molar-refractivity contribution in [3.05, 3.63) is 47.3 Å². The summed E-state index contributed by atoms with van der Waals surface area (Å²) in [6.45, 7) is 8.00. The van der Waals surface area contributed by atoms with Crippen molar-refractivity contribution in [2.24, 2.45) is 0 Å². The summed E-state index contributed by atoms with van der Waals surface area (Å²) in [5.41, 5.74) is 3.20. The molecule has 1 aromatic carbocycles. The van der Waals surface area contributed by atoms with Gasteiger partial charge in [0, 0.05) is 46.4 Å². The molecule has 0 aliphatic carbocycles. The van der Waals surface area contributed by atoms with Gasteiger partial charge in [-0.15, -0.1) is 0 Å². The molecule has 30 heavy (non-hydrogen) atoms. The number of methoxy groups -OCH3 is 1. The summed E-state index contributed by atoms with van der Waals surface area (Å²) in [5, 5.41) is 7.49. The van der Waals surface area contributed by atoms with Gasteiger partial charge in [0.2, 0.25) is 5.91 Å². The minimum Gasteiger partial charge on any atom is -0.385 e. The number of hydrogen-bond acceptors (Lipinski definition) is 5. The summed E-state index contributed by atoms with van der Waals surface area (Å²) in [7, 11) is 1.65. The van der Waals surface area contributed by atoms with Crippen LogP contribution in [0.3, 0.4) is 0 Å². The summed E-state index contributed by atoms with van der Waals surface area (Å²) < 4.78 is 6.81. The van der Waals surface area contributed by atoms with Gasteiger partial charge in [0.1, 0.15) is 0 Å². The number of nitrogens with one attached hydrogen (secondary N) is 1. The summed E-state index contributed by atoms with van der Waals surface area (Å²) in [6.07, 6.45) is 0.805. The second kappa shape index (κ2) is 10.4. The van der Waals surface area contributed by atoms with E-state index in [1.807, 2.05) is 53.8 Å². The van der Waals surface area contributed by atoms with Gasteiger partial charge in [-0.3, -0.25) is 14.5 Å². The first-order valence-electron chi connectivity index (χ1n) is 10.4. The van der Waals surface area contributed by atoms with E-state index in [4.69, 9.17) is 4.74 Å². The number of aryl methyl sites for hydroxylation is 1. The molecular formula is C22H31N5O3. The van der Waals surface area contributed by atoms with Crippen LogP contribution in [0.2, 0.25) is 0 Å². The van der Waals surface area contributed by atoms with Gasteiger partial charge in [-0.2, -0.15) is 5.10 Å². The lowest BCUT2D eigenvalue weighted by atomic mass is 10.1. The van der Waals surface area contributed by atoms with Crippen LogP contribution in [0.15, 0.2) is 30.3 Å². The fourth-order valence-electron chi connectivity index (χ4n) is 3.74. The van der Waals surface area contributed by atoms with Crippen LogP contribution in [-0.2, 0) is 9.53 Å². The van der Waals surface area contributed by atoms with E-state index >= 15 is 0 Å². The molecule has 1 N–H and O–H groups in total. The first-order valence-corrected chi connectivity index (χ1v) is 10.4. The Bertz CT molecular complexity index is 857. The van der Waals surface area contributed by atoms with Crippen molar-refractivity contribution in [3.63, 3.8) is 0 Å². The number of benzene rings is 1. The third kappa shape index (κ3) is 5.25. The van der Waals surface area contributed by atoms with Crippen molar-refractivity contribution in [2.75, 3.05) is 53.0 Å². The molecule has 1 fully saturated rings. The number of ether oxygens (including phenoxy) is 1. The second-order valence-electron chi connectivity index (χ2n) is 7.56. The van der Waals surface area contributed by atoms with Gasteiger partial charge in [0.05, 0.1) is 29.2 Å². The Morgan fingerprint density at radius 2 is 1.80 bits per heavy atom. The maximum absolute atomic E-state index is 13.2. The molecule has 1 aliphatic rings. The Labute approximate surface area is 177 Å². The van der Waals surface area contributed by atoms with Gasteiger partial charge in [-0.1, -0.05) is 18.2 Å². The predicted molar refractivity (Wildman–Crippen MR) is 115 cm³/mol. The summed E-state index contributed by atoms with van der Waals surface area (Å²) in [5.74, 6) is 0.0255. The number of para-hydroxylation sites is 1. The van der Waals surface area contributed by atoms with Crippen LogP contribution in [-0.4, -0.2) is 84.4 Å². The highest BCUT2D eigenvalue weighted by Gasteiger charge is 2.27. The lowest BCUT2D eigenvalue weighted by Crippen LogP contribution is -2.51. The highest BCUT2D eigenvalue weighted by Crippen LogP contribution is 2.20. The van der Waals surface area contributed by atoms with Crippen molar-refractivity contribution < 1.29 is 14.3 Å².